The average Bonchev–Trinajstić information content (AvgIpc) is 2.29. The molecule has 0 spiro atoms. The van der Waals surface area contributed by atoms with E-state index in [1.807, 2.05) is 0 Å². The summed E-state index contributed by atoms with van der Waals surface area (Å²) >= 11 is 0. The maximum atomic E-state index is 11.5. The maximum Gasteiger partial charge on any atom is 0.277 e. The van der Waals surface area contributed by atoms with E-state index in [1.54, 1.807) is 13.8 Å². The molecule has 0 aromatic rings. The van der Waals surface area contributed by atoms with Crippen molar-refractivity contribution in [2.45, 2.75) is 64.1 Å². The lowest BCUT2D eigenvalue weighted by Gasteiger charge is -2.26. The van der Waals surface area contributed by atoms with Gasteiger partial charge in [0.05, 0.1) is 6.10 Å². The van der Waals surface area contributed by atoms with Gasteiger partial charge in [-0.1, -0.05) is 0 Å². The molecule has 1 saturated carbocycles. The fourth-order valence-electron chi connectivity index (χ4n) is 2.14. The topological polar surface area (TPSA) is 93.5 Å². The summed E-state index contributed by atoms with van der Waals surface area (Å²) in [4.78, 5) is 0. The second kappa shape index (κ2) is 8.16. The van der Waals surface area contributed by atoms with Gasteiger partial charge in [0.2, 0.25) is 0 Å². The van der Waals surface area contributed by atoms with Gasteiger partial charge < -0.3 is 10.5 Å². The summed E-state index contributed by atoms with van der Waals surface area (Å²) in [6.07, 6.45) is 5.06. The normalized spacial score (nSPS) is 24.8. The predicted molar refractivity (Wildman–Crippen MR) is 76.0 cm³/mol. The molecule has 0 saturated heterocycles. The van der Waals surface area contributed by atoms with Gasteiger partial charge in [0.15, 0.2) is 0 Å². The third kappa shape index (κ3) is 7.84. The molecular formula is C12H27N3O3S. The van der Waals surface area contributed by atoms with Crippen LogP contribution in [0.4, 0.5) is 0 Å². The zero-order chi connectivity index (χ0) is 14.3. The van der Waals surface area contributed by atoms with E-state index in [-0.39, 0.29) is 6.04 Å². The van der Waals surface area contributed by atoms with E-state index in [2.05, 4.69) is 9.44 Å². The SMILES string of the molecule is CC(C)NS(=O)(=O)NCCCOC1CCC(N)CC1. The highest BCUT2D eigenvalue weighted by molar-refractivity contribution is 7.87. The molecule has 1 fully saturated rings. The van der Waals surface area contributed by atoms with Gasteiger partial charge in [0.25, 0.3) is 10.2 Å². The summed E-state index contributed by atoms with van der Waals surface area (Å²) < 4.78 is 33.6. The number of rotatable bonds is 8. The highest BCUT2D eigenvalue weighted by Gasteiger charge is 2.18. The molecule has 0 aromatic carbocycles. The Bertz CT molecular complexity index is 338. The summed E-state index contributed by atoms with van der Waals surface area (Å²) in [5.74, 6) is 0. The van der Waals surface area contributed by atoms with Gasteiger partial charge in [-0.3, -0.25) is 0 Å². The molecular weight excluding hydrogens is 266 g/mol. The van der Waals surface area contributed by atoms with Crippen LogP contribution in [-0.2, 0) is 14.9 Å². The second-order valence-electron chi connectivity index (χ2n) is 5.43. The number of hydrogen-bond acceptors (Lipinski definition) is 4. The van der Waals surface area contributed by atoms with E-state index in [0.29, 0.717) is 31.7 Å². The van der Waals surface area contributed by atoms with Crippen molar-refractivity contribution >= 4 is 10.2 Å². The van der Waals surface area contributed by atoms with Crippen molar-refractivity contribution in [2.24, 2.45) is 5.73 Å². The average molecular weight is 293 g/mol. The molecule has 6 nitrogen and oxygen atoms in total. The minimum atomic E-state index is -3.37. The van der Waals surface area contributed by atoms with E-state index in [0.717, 1.165) is 25.7 Å². The molecule has 0 unspecified atom stereocenters. The van der Waals surface area contributed by atoms with Gasteiger partial charge in [0.1, 0.15) is 0 Å². The monoisotopic (exact) mass is 293 g/mol. The first-order valence-electron chi connectivity index (χ1n) is 7.03. The molecule has 7 heteroatoms. The minimum Gasteiger partial charge on any atom is -0.378 e. The van der Waals surface area contributed by atoms with Gasteiger partial charge in [-0.15, -0.1) is 0 Å². The van der Waals surface area contributed by atoms with Gasteiger partial charge >= 0.3 is 0 Å². The van der Waals surface area contributed by atoms with E-state index < -0.39 is 10.2 Å². The summed E-state index contributed by atoms with van der Waals surface area (Å²) in [6, 6.07) is 0.231. The molecule has 0 aliphatic heterocycles. The molecule has 0 aromatic heterocycles. The van der Waals surface area contributed by atoms with Crippen molar-refractivity contribution in [2.75, 3.05) is 13.2 Å². The Balaban J connectivity index is 2.05. The first-order chi connectivity index (χ1) is 8.89. The molecule has 1 rings (SSSR count). The van der Waals surface area contributed by atoms with Crippen molar-refractivity contribution in [3.05, 3.63) is 0 Å². The van der Waals surface area contributed by atoms with E-state index in [1.165, 1.54) is 0 Å². The number of ether oxygens (including phenoxy) is 1. The Morgan fingerprint density at radius 1 is 1.26 bits per heavy atom. The number of nitrogens with one attached hydrogen (secondary N) is 2. The Labute approximate surface area is 116 Å². The van der Waals surface area contributed by atoms with Crippen molar-refractivity contribution in [1.82, 2.24) is 9.44 Å². The van der Waals surface area contributed by atoms with Crippen LogP contribution in [0, 0.1) is 0 Å². The summed E-state index contributed by atoms with van der Waals surface area (Å²) in [6.45, 7) is 4.56. The van der Waals surface area contributed by atoms with Gasteiger partial charge in [-0.2, -0.15) is 13.1 Å². The molecule has 0 heterocycles. The van der Waals surface area contributed by atoms with Crippen molar-refractivity contribution in [3.8, 4) is 0 Å². The van der Waals surface area contributed by atoms with E-state index in [9.17, 15) is 8.42 Å². The molecule has 1 aliphatic carbocycles. The summed E-state index contributed by atoms with van der Waals surface area (Å²) in [5, 5.41) is 0. The van der Waals surface area contributed by atoms with Gasteiger partial charge in [0, 0.05) is 25.2 Å². The van der Waals surface area contributed by atoms with E-state index in [4.69, 9.17) is 10.5 Å². The number of hydrogen-bond donors (Lipinski definition) is 3. The van der Waals surface area contributed by atoms with Crippen molar-refractivity contribution in [1.29, 1.82) is 0 Å². The summed E-state index contributed by atoms with van der Waals surface area (Å²) in [5.41, 5.74) is 5.82. The molecule has 114 valence electrons. The third-order valence-electron chi connectivity index (χ3n) is 3.08. The molecule has 0 radical (unpaired) electrons. The van der Waals surface area contributed by atoms with Crippen LogP contribution < -0.4 is 15.2 Å². The van der Waals surface area contributed by atoms with E-state index >= 15 is 0 Å². The first kappa shape index (κ1) is 16.8. The minimum absolute atomic E-state index is 0.0970. The van der Waals surface area contributed by atoms with Crippen LogP contribution in [-0.4, -0.2) is 39.8 Å². The lowest BCUT2D eigenvalue weighted by Crippen LogP contribution is -2.40. The van der Waals surface area contributed by atoms with Crippen LogP contribution in [0.5, 0.6) is 0 Å². The van der Waals surface area contributed by atoms with Gasteiger partial charge in [-0.25, -0.2) is 4.72 Å². The molecule has 4 N–H and O–H groups in total. The van der Waals surface area contributed by atoms with Gasteiger partial charge in [-0.05, 0) is 46.0 Å². The Kier molecular flexibility index (Phi) is 7.23. The standard InChI is InChI=1S/C12H27N3O3S/c1-10(2)15-19(16,17)14-8-3-9-18-12-6-4-11(13)5-7-12/h10-12,14-15H,3-9,13H2,1-2H3. The zero-order valence-corrected chi connectivity index (χ0v) is 12.7. The quantitative estimate of drug-likeness (QED) is 0.568. The van der Waals surface area contributed by atoms with Crippen LogP contribution in [0.25, 0.3) is 0 Å². The first-order valence-corrected chi connectivity index (χ1v) is 8.51. The molecule has 1 aliphatic rings. The van der Waals surface area contributed by atoms with Crippen LogP contribution in [0.1, 0.15) is 46.0 Å². The highest BCUT2D eigenvalue weighted by Crippen LogP contribution is 2.19. The number of nitrogens with two attached hydrogens (primary N) is 1. The van der Waals surface area contributed by atoms with Crippen LogP contribution in [0.15, 0.2) is 0 Å². The van der Waals surface area contributed by atoms with Crippen LogP contribution in [0.2, 0.25) is 0 Å². The molecule has 0 amide bonds. The highest BCUT2D eigenvalue weighted by atomic mass is 32.2. The van der Waals surface area contributed by atoms with Crippen LogP contribution >= 0.6 is 0 Å². The van der Waals surface area contributed by atoms with Crippen molar-refractivity contribution in [3.63, 3.8) is 0 Å². The second-order valence-corrected chi connectivity index (χ2v) is 6.96. The van der Waals surface area contributed by atoms with Crippen LogP contribution in [0.3, 0.4) is 0 Å². The maximum absolute atomic E-state index is 11.5. The third-order valence-corrected chi connectivity index (χ3v) is 4.44. The Morgan fingerprint density at radius 3 is 2.47 bits per heavy atom. The zero-order valence-electron chi connectivity index (χ0n) is 11.9. The predicted octanol–water partition coefficient (Wildman–Crippen LogP) is 0.495. The summed E-state index contributed by atoms with van der Waals surface area (Å²) in [7, 11) is -3.37. The lowest BCUT2D eigenvalue weighted by molar-refractivity contribution is 0.0245. The molecule has 0 bridgehead atoms. The largest absolute Gasteiger partial charge is 0.378 e. The fraction of sp³-hybridized carbons (Fsp3) is 1.00. The van der Waals surface area contributed by atoms with Crippen molar-refractivity contribution < 1.29 is 13.2 Å². The fourth-order valence-corrected chi connectivity index (χ4v) is 3.25. The Hall–Kier alpha value is -0.210. The molecule has 0 atom stereocenters. The smallest absolute Gasteiger partial charge is 0.277 e. The Morgan fingerprint density at radius 2 is 1.89 bits per heavy atom. The lowest BCUT2D eigenvalue weighted by atomic mass is 9.94. The molecule has 19 heavy (non-hydrogen) atoms.